The van der Waals surface area contributed by atoms with E-state index >= 15 is 0 Å². The topological polar surface area (TPSA) is 50.4 Å². The predicted molar refractivity (Wildman–Crippen MR) is 84.7 cm³/mol. The average Bonchev–Trinajstić information content (AvgIpc) is 2.45. The third-order valence-electron chi connectivity index (χ3n) is 3.69. The molecule has 0 radical (unpaired) electrons. The lowest BCUT2D eigenvalue weighted by Crippen LogP contribution is -2.44. The summed E-state index contributed by atoms with van der Waals surface area (Å²) in [5.41, 5.74) is 0. The average molecular weight is 311 g/mol. The number of carbonyl (C=O) groups excluding carboxylic acids is 1. The Kier molecular flexibility index (Phi) is 5.88. The van der Waals surface area contributed by atoms with Gasteiger partial charge >= 0.3 is 0 Å². The lowest BCUT2D eigenvalue weighted by Gasteiger charge is -2.27. The van der Waals surface area contributed by atoms with Crippen LogP contribution in [0.25, 0.3) is 0 Å². The summed E-state index contributed by atoms with van der Waals surface area (Å²) >= 11 is 5.92. The number of nitrogens with one attached hydrogen (secondary N) is 2. The molecule has 5 heteroatoms. The fraction of sp³-hybridized carbons (Fsp3) is 0.562. The van der Waals surface area contributed by atoms with Gasteiger partial charge < -0.3 is 15.4 Å². The summed E-state index contributed by atoms with van der Waals surface area (Å²) in [4.78, 5) is 12.1. The van der Waals surface area contributed by atoms with Gasteiger partial charge in [-0.2, -0.15) is 0 Å². The highest BCUT2D eigenvalue weighted by Crippen LogP contribution is 2.18. The second kappa shape index (κ2) is 7.66. The first kappa shape index (κ1) is 16.1. The Labute approximate surface area is 131 Å². The molecule has 0 saturated carbocycles. The van der Waals surface area contributed by atoms with Crippen molar-refractivity contribution in [3.05, 3.63) is 29.3 Å². The summed E-state index contributed by atoms with van der Waals surface area (Å²) in [6.45, 7) is 5.47. The number of halogens is 1. The number of rotatable bonds is 5. The van der Waals surface area contributed by atoms with Crippen LogP contribution >= 0.6 is 11.6 Å². The summed E-state index contributed by atoms with van der Waals surface area (Å²) in [6, 6.07) is 7.70. The summed E-state index contributed by atoms with van der Waals surface area (Å²) in [7, 11) is 0. The van der Waals surface area contributed by atoms with Crippen molar-refractivity contribution in [1.29, 1.82) is 0 Å². The summed E-state index contributed by atoms with van der Waals surface area (Å²) in [6.07, 6.45) is 1.71. The molecule has 1 fully saturated rings. The number of amides is 1. The fourth-order valence-electron chi connectivity index (χ4n) is 2.57. The van der Waals surface area contributed by atoms with Crippen molar-refractivity contribution in [2.24, 2.45) is 5.92 Å². The van der Waals surface area contributed by atoms with E-state index in [1.807, 2.05) is 19.1 Å². The maximum atomic E-state index is 12.1. The molecule has 1 aliphatic rings. The van der Waals surface area contributed by atoms with E-state index in [1.54, 1.807) is 12.1 Å². The highest BCUT2D eigenvalue weighted by atomic mass is 35.5. The molecule has 0 aliphatic carbocycles. The predicted octanol–water partition coefficient (Wildman–Crippen LogP) is 2.61. The molecule has 0 spiro atoms. The zero-order valence-corrected chi connectivity index (χ0v) is 13.3. The van der Waals surface area contributed by atoms with Gasteiger partial charge in [0, 0.05) is 17.0 Å². The first-order valence-corrected chi connectivity index (χ1v) is 7.85. The van der Waals surface area contributed by atoms with Gasteiger partial charge in [-0.3, -0.25) is 4.79 Å². The monoisotopic (exact) mass is 310 g/mol. The number of ether oxygens (including phenoxy) is 1. The number of carbonyl (C=O) groups is 1. The van der Waals surface area contributed by atoms with Gasteiger partial charge in [0.15, 0.2) is 0 Å². The minimum atomic E-state index is -0.0912. The SMILES string of the molecule is CC(CNC(=O)[C@H]1CCN[C@@H](C)C1)Oc1cccc(Cl)c1. The molecule has 1 saturated heterocycles. The van der Waals surface area contributed by atoms with Gasteiger partial charge in [0.2, 0.25) is 5.91 Å². The Morgan fingerprint density at radius 3 is 3.10 bits per heavy atom. The van der Waals surface area contributed by atoms with Crippen LogP contribution in [0.4, 0.5) is 0 Å². The third kappa shape index (κ3) is 5.21. The zero-order valence-electron chi connectivity index (χ0n) is 12.6. The van der Waals surface area contributed by atoms with Gasteiger partial charge in [-0.15, -0.1) is 0 Å². The van der Waals surface area contributed by atoms with Crippen LogP contribution in [0, 0.1) is 5.92 Å². The standard InChI is InChI=1S/C16H23ClN2O2/c1-11-8-13(6-7-18-11)16(20)19-10-12(2)21-15-5-3-4-14(17)9-15/h3-5,9,11-13,18H,6-8,10H2,1-2H3,(H,19,20)/t11-,12?,13-/m0/s1. The summed E-state index contributed by atoms with van der Waals surface area (Å²) in [5, 5.41) is 6.98. The van der Waals surface area contributed by atoms with Crippen molar-refractivity contribution in [3.63, 3.8) is 0 Å². The molecular weight excluding hydrogens is 288 g/mol. The minimum Gasteiger partial charge on any atom is -0.489 e. The first-order chi connectivity index (χ1) is 10.0. The Balaban J connectivity index is 1.75. The van der Waals surface area contributed by atoms with E-state index in [0.29, 0.717) is 17.6 Å². The van der Waals surface area contributed by atoms with Gasteiger partial charge in [-0.25, -0.2) is 0 Å². The van der Waals surface area contributed by atoms with Crippen molar-refractivity contribution in [1.82, 2.24) is 10.6 Å². The van der Waals surface area contributed by atoms with Crippen molar-refractivity contribution in [2.45, 2.75) is 38.8 Å². The minimum absolute atomic E-state index is 0.0912. The summed E-state index contributed by atoms with van der Waals surface area (Å²) < 4.78 is 5.74. The Morgan fingerprint density at radius 1 is 1.57 bits per heavy atom. The van der Waals surface area contributed by atoms with Crippen molar-refractivity contribution >= 4 is 17.5 Å². The highest BCUT2D eigenvalue weighted by molar-refractivity contribution is 6.30. The molecule has 1 unspecified atom stereocenters. The number of benzene rings is 1. The smallest absolute Gasteiger partial charge is 0.223 e. The van der Waals surface area contributed by atoms with Crippen LogP contribution in [-0.4, -0.2) is 31.1 Å². The third-order valence-corrected chi connectivity index (χ3v) is 3.93. The fourth-order valence-corrected chi connectivity index (χ4v) is 2.75. The van der Waals surface area contributed by atoms with Crippen molar-refractivity contribution < 1.29 is 9.53 Å². The van der Waals surface area contributed by atoms with E-state index in [1.165, 1.54) is 0 Å². The van der Waals surface area contributed by atoms with Gasteiger partial charge in [-0.05, 0) is 51.4 Å². The van der Waals surface area contributed by atoms with Crippen LogP contribution in [0.2, 0.25) is 5.02 Å². The van der Waals surface area contributed by atoms with Crippen LogP contribution in [0.5, 0.6) is 5.75 Å². The second-order valence-electron chi connectivity index (χ2n) is 5.71. The number of hydrogen-bond acceptors (Lipinski definition) is 3. The molecule has 1 amide bonds. The Bertz CT molecular complexity index is 481. The molecular formula is C16H23ClN2O2. The zero-order chi connectivity index (χ0) is 15.2. The largest absolute Gasteiger partial charge is 0.489 e. The van der Waals surface area contributed by atoms with Gasteiger partial charge in [0.25, 0.3) is 0 Å². The molecule has 0 aromatic heterocycles. The lowest BCUT2D eigenvalue weighted by atomic mass is 9.92. The second-order valence-corrected chi connectivity index (χ2v) is 6.14. The van der Waals surface area contributed by atoms with Crippen molar-refractivity contribution in [2.75, 3.05) is 13.1 Å². The van der Waals surface area contributed by atoms with E-state index in [2.05, 4.69) is 17.6 Å². The molecule has 1 aromatic rings. The quantitative estimate of drug-likeness (QED) is 0.879. The maximum Gasteiger partial charge on any atom is 0.223 e. The number of hydrogen-bond donors (Lipinski definition) is 2. The highest BCUT2D eigenvalue weighted by Gasteiger charge is 2.24. The summed E-state index contributed by atoms with van der Waals surface area (Å²) in [5.74, 6) is 0.962. The van der Waals surface area contributed by atoms with E-state index < -0.39 is 0 Å². The van der Waals surface area contributed by atoms with Gasteiger partial charge in [-0.1, -0.05) is 17.7 Å². The van der Waals surface area contributed by atoms with Gasteiger partial charge in [0.1, 0.15) is 11.9 Å². The molecule has 21 heavy (non-hydrogen) atoms. The van der Waals surface area contributed by atoms with E-state index in [4.69, 9.17) is 16.3 Å². The molecule has 116 valence electrons. The molecule has 1 heterocycles. The Morgan fingerprint density at radius 2 is 2.38 bits per heavy atom. The molecule has 3 atom stereocenters. The van der Waals surface area contributed by atoms with Crippen LogP contribution in [0.3, 0.4) is 0 Å². The normalized spacial score (nSPS) is 23.4. The van der Waals surface area contributed by atoms with Crippen LogP contribution in [0.1, 0.15) is 26.7 Å². The van der Waals surface area contributed by atoms with E-state index in [0.717, 1.165) is 25.1 Å². The van der Waals surface area contributed by atoms with Crippen LogP contribution in [-0.2, 0) is 4.79 Å². The van der Waals surface area contributed by atoms with Gasteiger partial charge in [0.05, 0.1) is 6.54 Å². The molecule has 1 aliphatic heterocycles. The Hall–Kier alpha value is -1.26. The van der Waals surface area contributed by atoms with E-state index in [9.17, 15) is 4.79 Å². The number of piperidine rings is 1. The van der Waals surface area contributed by atoms with Crippen LogP contribution < -0.4 is 15.4 Å². The van der Waals surface area contributed by atoms with E-state index in [-0.39, 0.29) is 17.9 Å². The maximum absolute atomic E-state index is 12.1. The molecule has 4 nitrogen and oxygen atoms in total. The molecule has 2 N–H and O–H groups in total. The molecule has 0 bridgehead atoms. The van der Waals surface area contributed by atoms with Crippen LogP contribution in [0.15, 0.2) is 24.3 Å². The van der Waals surface area contributed by atoms with Crippen molar-refractivity contribution in [3.8, 4) is 5.75 Å². The molecule has 2 rings (SSSR count). The molecule has 1 aromatic carbocycles. The first-order valence-electron chi connectivity index (χ1n) is 7.48. The lowest BCUT2D eigenvalue weighted by molar-refractivity contribution is -0.126.